The highest BCUT2D eigenvalue weighted by atomic mass is 16.5. The molecule has 4 aromatic carbocycles. The van der Waals surface area contributed by atoms with Crippen LogP contribution in [0.1, 0.15) is 11.1 Å². The van der Waals surface area contributed by atoms with E-state index >= 15 is 0 Å². The first-order valence-corrected chi connectivity index (χ1v) is 8.58. The largest absolute Gasteiger partial charge is 0.497 e. The molecule has 0 spiro atoms. The van der Waals surface area contributed by atoms with Gasteiger partial charge in [0, 0.05) is 11.1 Å². The Morgan fingerprint density at radius 3 is 2.23 bits per heavy atom. The van der Waals surface area contributed by atoms with Gasteiger partial charge in [-0.25, -0.2) is 0 Å². The van der Waals surface area contributed by atoms with Gasteiger partial charge in [-0.05, 0) is 52.2 Å². The Morgan fingerprint density at radius 2 is 1.38 bits per heavy atom. The van der Waals surface area contributed by atoms with Gasteiger partial charge >= 0.3 is 0 Å². The van der Waals surface area contributed by atoms with E-state index in [9.17, 15) is 0 Å². The third-order valence-electron chi connectivity index (χ3n) is 4.40. The Hall–Kier alpha value is -3.50. The number of fused-ring (bicyclic) bond motifs is 1. The standard InChI is InChI=1S/C25H18O/c1-26-24-16-15-22-17-19(12-14-23(22)18-24)11-13-21-9-5-6-10-25(21)20-7-3-2-4-8-20/h2-10,12,14-18H,1H3. The summed E-state index contributed by atoms with van der Waals surface area (Å²) in [6, 6.07) is 31.0. The Balaban J connectivity index is 1.71. The second-order valence-electron chi connectivity index (χ2n) is 6.09. The molecule has 4 rings (SSSR count). The zero-order valence-corrected chi connectivity index (χ0v) is 14.6. The smallest absolute Gasteiger partial charge is 0.119 e. The monoisotopic (exact) mass is 334 g/mol. The summed E-state index contributed by atoms with van der Waals surface area (Å²) in [5.74, 6) is 7.52. The lowest BCUT2D eigenvalue weighted by atomic mass is 9.99. The molecule has 0 saturated carbocycles. The SMILES string of the molecule is COc1ccc2cc(C#Cc3ccccc3-c3ccccc3)ccc2c1. The summed E-state index contributed by atoms with van der Waals surface area (Å²) in [6.45, 7) is 0. The van der Waals surface area contributed by atoms with Crippen LogP contribution in [0.4, 0.5) is 0 Å². The molecule has 0 amide bonds. The molecule has 0 aliphatic rings. The van der Waals surface area contributed by atoms with E-state index in [0.29, 0.717) is 0 Å². The molecule has 0 aliphatic carbocycles. The minimum atomic E-state index is 0.869. The lowest BCUT2D eigenvalue weighted by Gasteiger charge is -2.04. The molecule has 0 saturated heterocycles. The fourth-order valence-corrected chi connectivity index (χ4v) is 3.03. The number of hydrogen-bond donors (Lipinski definition) is 0. The summed E-state index contributed by atoms with van der Waals surface area (Å²) in [5.41, 5.74) is 4.38. The van der Waals surface area contributed by atoms with E-state index in [4.69, 9.17) is 4.74 Å². The summed E-state index contributed by atoms with van der Waals surface area (Å²) < 4.78 is 5.29. The first-order chi connectivity index (χ1) is 12.8. The minimum Gasteiger partial charge on any atom is -0.497 e. The Labute approximate surface area is 153 Å². The van der Waals surface area contributed by atoms with Crippen molar-refractivity contribution in [3.63, 3.8) is 0 Å². The van der Waals surface area contributed by atoms with Gasteiger partial charge in [0.15, 0.2) is 0 Å². The number of ether oxygens (including phenoxy) is 1. The second kappa shape index (κ2) is 7.17. The summed E-state index contributed by atoms with van der Waals surface area (Å²) in [5, 5.41) is 2.31. The maximum absolute atomic E-state index is 5.29. The van der Waals surface area contributed by atoms with Crippen molar-refractivity contribution in [1.29, 1.82) is 0 Å². The van der Waals surface area contributed by atoms with Crippen LogP contribution in [0, 0.1) is 11.8 Å². The highest BCUT2D eigenvalue weighted by molar-refractivity contribution is 5.85. The highest BCUT2D eigenvalue weighted by Gasteiger charge is 2.02. The quantitative estimate of drug-likeness (QED) is 0.414. The summed E-state index contributed by atoms with van der Waals surface area (Å²) >= 11 is 0. The Bertz CT molecular complexity index is 1110. The van der Waals surface area contributed by atoms with Gasteiger partial charge in [0.1, 0.15) is 5.75 Å². The van der Waals surface area contributed by atoms with Gasteiger partial charge in [-0.2, -0.15) is 0 Å². The highest BCUT2D eigenvalue weighted by Crippen LogP contribution is 2.24. The predicted octanol–water partition coefficient (Wildman–Crippen LogP) is 5.92. The normalized spacial score (nSPS) is 10.2. The van der Waals surface area contributed by atoms with Gasteiger partial charge in [0.25, 0.3) is 0 Å². The molecule has 0 aromatic heterocycles. The molecular weight excluding hydrogens is 316 g/mol. The fourth-order valence-electron chi connectivity index (χ4n) is 3.03. The van der Waals surface area contributed by atoms with E-state index in [0.717, 1.165) is 33.2 Å². The van der Waals surface area contributed by atoms with E-state index in [1.807, 2.05) is 24.3 Å². The maximum atomic E-state index is 5.29. The van der Waals surface area contributed by atoms with Crippen molar-refractivity contribution in [3.8, 4) is 28.7 Å². The van der Waals surface area contributed by atoms with Gasteiger partial charge in [-0.1, -0.05) is 72.5 Å². The van der Waals surface area contributed by atoms with Gasteiger partial charge in [-0.15, -0.1) is 0 Å². The Morgan fingerprint density at radius 1 is 0.654 bits per heavy atom. The van der Waals surface area contributed by atoms with E-state index < -0.39 is 0 Å². The van der Waals surface area contributed by atoms with Crippen molar-refractivity contribution in [1.82, 2.24) is 0 Å². The van der Waals surface area contributed by atoms with E-state index in [-0.39, 0.29) is 0 Å². The number of methoxy groups -OCH3 is 1. The Kier molecular flexibility index (Phi) is 4.41. The molecule has 0 radical (unpaired) electrons. The van der Waals surface area contributed by atoms with Crippen LogP contribution in [-0.4, -0.2) is 7.11 Å². The molecule has 0 bridgehead atoms. The third kappa shape index (κ3) is 3.31. The van der Waals surface area contributed by atoms with Crippen LogP contribution >= 0.6 is 0 Å². The van der Waals surface area contributed by atoms with Crippen molar-refractivity contribution in [2.45, 2.75) is 0 Å². The molecule has 124 valence electrons. The molecule has 4 aromatic rings. The van der Waals surface area contributed by atoms with Crippen LogP contribution < -0.4 is 4.74 Å². The first kappa shape index (κ1) is 16.0. The van der Waals surface area contributed by atoms with Crippen LogP contribution in [-0.2, 0) is 0 Å². The predicted molar refractivity (Wildman–Crippen MR) is 108 cm³/mol. The van der Waals surface area contributed by atoms with Crippen LogP contribution in [0.15, 0.2) is 91.0 Å². The summed E-state index contributed by atoms with van der Waals surface area (Å²) in [4.78, 5) is 0. The van der Waals surface area contributed by atoms with Crippen LogP contribution in [0.5, 0.6) is 5.75 Å². The maximum Gasteiger partial charge on any atom is 0.119 e. The molecule has 0 unspecified atom stereocenters. The molecular formula is C25H18O. The molecule has 0 heterocycles. The first-order valence-electron chi connectivity index (χ1n) is 8.58. The van der Waals surface area contributed by atoms with Gasteiger partial charge < -0.3 is 4.74 Å². The zero-order chi connectivity index (χ0) is 17.8. The zero-order valence-electron chi connectivity index (χ0n) is 14.6. The molecule has 0 fully saturated rings. The topological polar surface area (TPSA) is 9.23 Å². The number of benzene rings is 4. The average Bonchev–Trinajstić information content (AvgIpc) is 2.72. The minimum absolute atomic E-state index is 0.869. The molecule has 0 atom stereocenters. The molecule has 26 heavy (non-hydrogen) atoms. The molecule has 1 heteroatoms. The van der Waals surface area contributed by atoms with E-state index in [2.05, 4.69) is 78.6 Å². The summed E-state index contributed by atoms with van der Waals surface area (Å²) in [7, 11) is 1.69. The molecule has 0 aliphatic heterocycles. The number of rotatable bonds is 2. The van der Waals surface area contributed by atoms with Crippen LogP contribution in [0.25, 0.3) is 21.9 Å². The van der Waals surface area contributed by atoms with Crippen molar-refractivity contribution < 1.29 is 4.74 Å². The lowest BCUT2D eigenvalue weighted by Crippen LogP contribution is -1.85. The van der Waals surface area contributed by atoms with E-state index in [1.54, 1.807) is 7.11 Å². The fraction of sp³-hybridized carbons (Fsp3) is 0.0400. The average molecular weight is 334 g/mol. The van der Waals surface area contributed by atoms with E-state index in [1.165, 1.54) is 5.56 Å². The van der Waals surface area contributed by atoms with Crippen molar-refractivity contribution >= 4 is 10.8 Å². The van der Waals surface area contributed by atoms with Crippen LogP contribution in [0.2, 0.25) is 0 Å². The van der Waals surface area contributed by atoms with Crippen LogP contribution in [0.3, 0.4) is 0 Å². The van der Waals surface area contributed by atoms with Gasteiger partial charge in [0.05, 0.1) is 7.11 Å². The van der Waals surface area contributed by atoms with Crippen molar-refractivity contribution in [2.75, 3.05) is 7.11 Å². The van der Waals surface area contributed by atoms with Crippen molar-refractivity contribution in [2.24, 2.45) is 0 Å². The lowest BCUT2D eigenvalue weighted by molar-refractivity contribution is 0.415. The number of hydrogen-bond acceptors (Lipinski definition) is 1. The van der Waals surface area contributed by atoms with Gasteiger partial charge in [0.2, 0.25) is 0 Å². The van der Waals surface area contributed by atoms with Gasteiger partial charge in [-0.3, -0.25) is 0 Å². The molecule has 0 N–H and O–H groups in total. The van der Waals surface area contributed by atoms with Crippen molar-refractivity contribution in [3.05, 3.63) is 102 Å². The second-order valence-corrected chi connectivity index (χ2v) is 6.09. The molecule has 1 nitrogen and oxygen atoms in total. The summed E-state index contributed by atoms with van der Waals surface area (Å²) in [6.07, 6.45) is 0. The third-order valence-corrected chi connectivity index (χ3v) is 4.40.